The Morgan fingerprint density at radius 2 is 1.20 bits per heavy atom. The summed E-state index contributed by atoms with van der Waals surface area (Å²) < 4.78 is 0. The van der Waals surface area contributed by atoms with E-state index in [1.165, 1.54) is 12.4 Å². The van der Waals surface area contributed by atoms with Gasteiger partial charge in [-0.3, -0.25) is 9.98 Å². The van der Waals surface area contributed by atoms with Gasteiger partial charge in [0.15, 0.2) is 0 Å². The van der Waals surface area contributed by atoms with Gasteiger partial charge >= 0.3 is 0 Å². The molecule has 0 radical (unpaired) electrons. The first-order valence-electron chi connectivity index (χ1n) is 6.49. The zero-order chi connectivity index (χ0) is 15.1. The standard InChI is InChI=1S/C12H24N6O2/c1-11(17-19)9-15-7-5-13-3-4-14-6-8-16-10-12(2)18-20/h9-10,13-14,19-20H,3-8H2,1-2H3/b15-9?,16-10?,17-11+,18-12+. The molecular formula is C12H24N6O2. The predicted molar refractivity (Wildman–Crippen MR) is 82.2 cm³/mol. The molecule has 0 aromatic carbocycles. The molecule has 0 rings (SSSR count). The lowest BCUT2D eigenvalue weighted by molar-refractivity contribution is 0.319. The second kappa shape index (κ2) is 13.6. The van der Waals surface area contributed by atoms with Crippen LogP contribution >= 0.6 is 0 Å². The molecule has 0 aliphatic heterocycles. The van der Waals surface area contributed by atoms with Gasteiger partial charge in [0.2, 0.25) is 0 Å². The maximum atomic E-state index is 8.38. The summed E-state index contributed by atoms with van der Waals surface area (Å²) in [5.41, 5.74) is 0.988. The van der Waals surface area contributed by atoms with E-state index < -0.39 is 0 Å². The minimum absolute atomic E-state index is 0.494. The van der Waals surface area contributed by atoms with E-state index in [0.717, 1.165) is 26.2 Å². The number of hydrogen-bond acceptors (Lipinski definition) is 8. The van der Waals surface area contributed by atoms with Gasteiger partial charge in [-0.2, -0.15) is 0 Å². The molecule has 0 amide bonds. The average Bonchev–Trinajstić information content (AvgIpc) is 2.47. The summed E-state index contributed by atoms with van der Waals surface area (Å²) in [6.07, 6.45) is 3.07. The van der Waals surface area contributed by atoms with Crippen molar-refractivity contribution in [3.05, 3.63) is 0 Å². The van der Waals surface area contributed by atoms with Gasteiger partial charge in [-0.1, -0.05) is 10.3 Å². The van der Waals surface area contributed by atoms with Gasteiger partial charge in [0.25, 0.3) is 0 Å². The van der Waals surface area contributed by atoms with Crippen molar-refractivity contribution in [2.75, 3.05) is 39.3 Å². The zero-order valence-corrected chi connectivity index (χ0v) is 12.1. The van der Waals surface area contributed by atoms with Crippen molar-refractivity contribution in [3.8, 4) is 0 Å². The van der Waals surface area contributed by atoms with E-state index in [1.807, 2.05) is 0 Å². The fraction of sp³-hybridized carbons (Fsp3) is 0.667. The maximum absolute atomic E-state index is 8.38. The molecule has 0 spiro atoms. The normalized spacial score (nSPS) is 13.7. The van der Waals surface area contributed by atoms with Crippen LogP contribution in [0.2, 0.25) is 0 Å². The van der Waals surface area contributed by atoms with Gasteiger partial charge in [0.05, 0.1) is 24.5 Å². The smallest absolute Gasteiger partial charge is 0.0942 e. The molecule has 0 aliphatic rings. The van der Waals surface area contributed by atoms with Crippen molar-refractivity contribution < 1.29 is 10.4 Å². The van der Waals surface area contributed by atoms with Crippen LogP contribution in [0, 0.1) is 0 Å². The van der Waals surface area contributed by atoms with Crippen molar-refractivity contribution in [2.24, 2.45) is 20.3 Å². The summed E-state index contributed by atoms with van der Waals surface area (Å²) in [6.45, 7) is 7.91. The molecule has 8 heteroatoms. The molecule has 0 atom stereocenters. The maximum Gasteiger partial charge on any atom is 0.0942 e. The Balaban J connectivity index is 3.29. The highest BCUT2D eigenvalue weighted by Gasteiger charge is 1.88. The highest BCUT2D eigenvalue weighted by molar-refractivity contribution is 6.29. The molecule has 4 N–H and O–H groups in total. The molecule has 20 heavy (non-hydrogen) atoms. The lowest BCUT2D eigenvalue weighted by Gasteiger charge is -2.03. The number of oxime groups is 2. The number of aliphatic imine (C=N–C) groups is 2. The summed E-state index contributed by atoms with van der Waals surface area (Å²) in [7, 11) is 0. The van der Waals surface area contributed by atoms with E-state index in [0.29, 0.717) is 24.5 Å². The van der Waals surface area contributed by atoms with Crippen LogP contribution < -0.4 is 10.6 Å². The van der Waals surface area contributed by atoms with Crippen molar-refractivity contribution in [1.82, 2.24) is 10.6 Å². The highest BCUT2D eigenvalue weighted by atomic mass is 16.4. The number of hydrogen-bond donors (Lipinski definition) is 4. The summed E-state index contributed by atoms with van der Waals surface area (Å²) in [5, 5.41) is 29.2. The van der Waals surface area contributed by atoms with E-state index >= 15 is 0 Å². The first-order chi connectivity index (χ1) is 9.70. The first kappa shape index (κ1) is 18.2. The van der Waals surface area contributed by atoms with E-state index in [-0.39, 0.29) is 0 Å². The summed E-state index contributed by atoms with van der Waals surface area (Å²) in [4.78, 5) is 8.15. The summed E-state index contributed by atoms with van der Waals surface area (Å²) in [6, 6.07) is 0. The van der Waals surface area contributed by atoms with Crippen LogP contribution in [-0.4, -0.2) is 73.5 Å². The lowest BCUT2D eigenvalue weighted by Crippen LogP contribution is -2.30. The third kappa shape index (κ3) is 12.7. The van der Waals surface area contributed by atoms with Crippen LogP contribution in [0.5, 0.6) is 0 Å². The van der Waals surface area contributed by atoms with Crippen LogP contribution in [0.1, 0.15) is 13.8 Å². The number of rotatable bonds is 11. The van der Waals surface area contributed by atoms with Gasteiger partial charge < -0.3 is 21.0 Å². The zero-order valence-electron chi connectivity index (χ0n) is 12.1. The van der Waals surface area contributed by atoms with E-state index in [9.17, 15) is 0 Å². The summed E-state index contributed by atoms with van der Waals surface area (Å²) in [5.74, 6) is 0. The minimum atomic E-state index is 0.494. The molecule has 0 aromatic heterocycles. The molecule has 0 heterocycles. The van der Waals surface area contributed by atoms with Crippen LogP contribution in [0.3, 0.4) is 0 Å². The van der Waals surface area contributed by atoms with Crippen LogP contribution in [-0.2, 0) is 0 Å². The third-order valence-corrected chi connectivity index (χ3v) is 2.19. The molecular weight excluding hydrogens is 260 g/mol. The Morgan fingerprint density at radius 3 is 1.55 bits per heavy atom. The molecule has 114 valence electrons. The molecule has 0 unspecified atom stereocenters. The van der Waals surface area contributed by atoms with Gasteiger partial charge in [-0.05, 0) is 13.8 Å². The van der Waals surface area contributed by atoms with Crippen molar-refractivity contribution in [1.29, 1.82) is 0 Å². The van der Waals surface area contributed by atoms with Gasteiger partial charge in [0.1, 0.15) is 0 Å². The van der Waals surface area contributed by atoms with Crippen molar-refractivity contribution in [3.63, 3.8) is 0 Å². The monoisotopic (exact) mass is 284 g/mol. The van der Waals surface area contributed by atoms with Crippen LogP contribution in [0.15, 0.2) is 20.3 Å². The largest absolute Gasteiger partial charge is 0.411 e. The Labute approximate surface area is 119 Å². The summed E-state index contributed by atoms with van der Waals surface area (Å²) >= 11 is 0. The lowest BCUT2D eigenvalue weighted by atomic mass is 10.4. The average molecular weight is 284 g/mol. The van der Waals surface area contributed by atoms with Crippen molar-refractivity contribution in [2.45, 2.75) is 13.8 Å². The molecule has 0 saturated carbocycles. The Morgan fingerprint density at radius 1 is 0.800 bits per heavy atom. The quantitative estimate of drug-likeness (QED) is 0.185. The van der Waals surface area contributed by atoms with E-state index in [4.69, 9.17) is 10.4 Å². The first-order valence-corrected chi connectivity index (χ1v) is 6.49. The number of nitrogens with one attached hydrogen (secondary N) is 2. The molecule has 0 saturated heterocycles. The van der Waals surface area contributed by atoms with Crippen LogP contribution in [0.25, 0.3) is 0 Å². The van der Waals surface area contributed by atoms with Gasteiger partial charge in [-0.25, -0.2) is 0 Å². The van der Waals surface area contributed by atoms with E-state index in [2.05, 4.69) is 30.9 Å². The Bertz CT molecular complexity index is 318. The van der Waals surface area contributed by atoms with Crippen molar-refractivity contribution >= 4 is 23.9 Å². The Hall–Kier alpha value is -1.80. The molecule has 0 aliphatic carbocycles. The molecule has 8 nitrogen and oxygen atoms in total. The third-order valence-electron chi connectivity index (χ3n) is 2.19. The second-order valence-corrected chi connectivity index (χ2v) is 4.05. The van der Waals surface area contributed by atoms with Gasteiger partial charge in [-0.15, -0.1) is 0 Å². The highest BCUT2D eigenvalue weighted by Crippen LogP contribution is 1.73. The number of nitrogens with zero attached hydrogens (tertiary/aromatic N) is 4. The predicted octanol–water partition coefficient (Wildman–Crippen LogP) is 0.00740. The second-order valence-electron chi connectivity index (χ2n) is 4.05. The fourth-order valence-electron chi connectivity index (χ4n) is 1.16. The molecule has 0 fully saturated rings. The van der Waals surface area contributed by atoms with E-state index in [1.54, 1.807) is 13.8 Å². The SMILES string of the molecule is C/C(C=NCCNCCNCCN=C/C(C)=N/O)=N\O. The molecule has 0 aromatic rings. The fourth-order valence-corrected chi connectivity index (χ4v) is 1.16. The topological polar surface area (TPSA) is 114 Å². The minimum Gasteiger partial charge on any atom is -0.411 e. The van der Waals surface area contributed by atoms with Gasteiger partial charge in [0, 0.05) is 38.6 Å². The van der Waals surface area contributed by atoms with Crippen LogP contribution in [0.4, 0.5) is 0 Å². The Kier molecular flexibility index (Phi) is 12.4. The molecule has 0 bridgehead atoms.